The Balaban J connectivity index is 3.15. The van der Waals surface area contributed by atoms with Crippen molar-refractivity contribution in [1.29, 1.82) is 0 Å². The Labute approximate surface area is 54.7 Å². The molecule has 0 aromatic carbocycles. The zero-order chi connectivity index (χ0) is 5.98. The average Bonchev–Trinajstić information content (AvgIpc) is 2.14. The molecule has 0 amide bonds. The van der Waals surface area contributed by atoms with Crippen molar-refractivity contribution < 1.29 is 0 Å². The molecule has 1 N–H and O–H groups in total. The zero-order valence-electron chi connectivity index (χ0n) is 3.85. The van der Waals surface area contributed by atoms with Gasteiger partial charge in [0, 0.05) is 0 Å². The van der Waals surface area contributed by atoms with Crippen LogP contribution in [0, 0.1) is 6.57 Å². The monoisotopic (exact) mass is 171 g/mol. The Kier molecular flexibility index (Phi) is 1.31. The van der Waals surface area contributed by atoms with E-state index in [1.54, 1.807) is 6.20 Å². The second kappa shape index (κ2) is 1.97. The van der Waals surface area contributed by atoms with Crippen molar-refractivity contribution in [2.45, 2.75) is 0 Å². The maximum absolute atomic E-state index is 6.52. The summed E-state index contributed by atoms with van der Waals surface area (Å²) in [5.74, 6) is 0.449. The molecule has 0 saturated carbocycles. The number of nitrogens with zero attached hydrogens (tertiary/aromatic N) is 2. The van der Waals surface area contributed by atoms with Gasteiger partial charge in [0.1, 0.15) is 0 Å². The van der Waals surface area contributed by atoms with Crippen LogP contribution in [-0.2, 0) is 0 Å². The van der Waals surface area contributed by atoms with E-state index >= 15 is 0 Å². The van der Waals surface area contributed by atoms with E-state index < -0.39 is 0 Å². The smallest absolute Gasteiger partial charge is 0.264 e. The van der Waals surface area contributed by atoms with Gasteiger partial charge in [-0.15, -0.1) is 5.10 Å². The van der Waals surface area contributed by atoms with Crippen LogP contribution in [0.5, 0.6) is 0 Å². The summed E-state index contributed by atoms with van der Waals surface area (Å²) in [7, 11) is 0. The topological polar surface area (TPSA) is 33.0 Å². The highest BCUT2D eigenvalue weighted by atomic mass is 79.9. The van der Waals surface area contributed by atoms with Gasteiger partial charge in [0.15, 0.2) is 0 Å². The molecule has 0 radical (unpaired) electrons. The van der Waals surface area contributed by atoms with Crippen LogP contribution in [0.3, 0.4) is 0 Å². The summed E-state index contributed by atoms with van der Waals surface area (Å²) < 4.78 is 0.715. The van der Waals surface area contributed by atoms with Gasteiger partial charge in [-0.3, -0.25) is 0 Å². The van der Waals surface area contributed by atoms with Gasteiger partial charge in [-0.2, -0.15) is 0 Å². The standard InChI is InChI=1S/C4H2BrN3/c1-6-4-3(5)2-7-8-4/h2H,(H,7,8). The van der Waals surface area contributed by atoms with Gasteiger partial charge in [-0.1, -0.05) is 22.5 Å². The maximum Gasteiger partial charge on any atom is 0.264 e. The first kappa shape index (κ1) is 5.32. The Bertz CT molecular complexity index is 221. The number of aromatic nitrogens is 2. The molecule has 0 aliphatic rings. The molecule has 0 aliphatic heterocycles. The molecule has 1 aromatic rings. The Morgan fingerprint density at radius 1 is 1.88 bits per heavy atom. The highest BCUT2D eigenvalue weighted by Crippen LogP contribution is 2.20. The molecule has 1 aromatic heterocycles. The van der Waals surface area contributed by atoms with E-state index in [0.717, 1.165) is 0 Å². The van der Waals surface area contributed by atoms with Gasteiger partial charge in [-0.25, -0.2) is 5.10 Å². The predicted molar refractivity (Wildman–Crippen MR) is 32.5 cm³/mol. The van der Waals surface area contributed by atoms with Gasteiger partial charge >= 0.3 is 0 Å². The highest BCUT2D eigenvalue weighted by Gasteiger charge is 1.96. The van der Waals surface area contributed by atoms with Gasteiger partial charge in [-0.05, 0) is 0 Å². The van der Waals surface area contributed by atoms with Crippen molar-refractivity contribution in [3.63, 3.8) is 0 Å². The van der Waals surface area contributed by atoms with E-state index in [1.807, 2.05) is 0 Å². The van der Waals surface area contributed by atoms with Crippen LogP contribution in [0.1, 0.15) is 0 Å². The van der Waals surface area contributed by atoms with Crippen molar-refractivity contribution in [2.24, 2.45) is 0 Å². The van der Waals surface area contributed by atoms with Crippen molar-refractivity contribution in [3.8, 4) is 0 Å². The lowest BCUT2D eigenvalue weighted by atomic mass is 10.7. The van der Waals surface area contributed by atoms with E-state index in [-0.39, 0.29) is 0 Å². The molecule has 4 heteroatoms. The minimum Gasteiger partial charge on any atom is -0.361 e. The van der Waals surface area contributed by atoms with Gasteiger partial charge < -0.3 is 4.85 Å². The van der Waals surface area contributed by atoms with E-state index in [2.05, 4.69) is 31.0 Å². The summed E-state index contributed by atoms with van der Waals surface area (Å²) in [6.07, 6.45) is 1.55. The Morgan fingerprint density at radius 3 is 2.88 bits per heavy atom. The number of hydrogen-bond donors (Lipinski definition) is 1. The van der Waals surface area contributed by atoms with Crippen LogP contribution < -0.4 is 0 Å². The van der Waals surface area contributed by atoms with E-state index in [4.69, 9.17) is 6.57 Å². The quantitative estimate of drug-likeness (QED) is 0.593. The molecule has 8 heavy (non-hydrogen) atoms. The van der Waals surface area contributed by atoms with Gasteiger partial charge in [0.2, 0.25) is 0 Å². The molecule has 0 aliphatic carbocycles. The fraction of sp³-hybridized carbons (Fsp3) is 0. The van der Waals surface area contributed by atoms with E-state index in [9.17, 15) is 0 Å². The third kappa shape index (κ3) is 0.724. The van der Waals surface area contributed by atoms with Gasteiger partial charge in [0.25, 0.3) is 5.82 Å². The first-order valence-corrected chi connectivity index (χ1v) is 2.70. The first-order valence-electron chi connectivity index (χ1n) is 1.91. The molecule has 3 nitrogen and oxygen atoms in total. The van der Waals surface area contributed by atoms with Crippen molar-refractivity contribution >= 4 is 21.7 Å². The lowest BCUT2D eigenvalue weighted by molar-refractivity contribution is 1.10. The summed E-state index contributed by atoms with van der Waals surface area (Å²) in [5, 5.41) is 6.11. The fourth-order valence-electron chi connectivity index (χ4n) is 0.343. The third-order valence-electron chi connectivity index (χ3n) is 0.686. The molecule has 0 atom stereocenters. The minimum absolute atomic E-state index is 0.449. The number of rotatable bonds is 0. The van der Waals surface area contributed by atoms with Crippen LogP contribution >= 0.6 is 15.9 Å². The second-order valence-electron chi connectivity index (χ2n) is 1.18. The summed E-state index contributed by atoms with van der Waals surface area (Å²) in [4.78, 5) is 3.12. The molecule has 0 bridgehead atoms. The fourth-order valence-corrected chi connectivity index (χ4v) is 0.623. The van der Waals surface area contributed by atoms with E-state index in [1.165, 1.54) is 0 Å². The molecule has 40 valence electrons. The van der Waals surface area contributed by atoms with Crippen molar-refractivity contribution in [1.82, 2.24) is 10.2 Å². The van der Waals surface area contributed by atoms with Crippen LogP contribution in [-0.4, -0.2) is 10.2 Å². The molecular weight excluding hydrogens is 170 g/mol. The van der Waals surface area contributed by atoms with Crippen molar-refractivity contribution in [3.05, 3.63) is 22.1 Å². The van der Waals surface area contributed by atoms with E-state index in [0.29, 0.717) is 10.3 Å². The summed E-state index contributed by atoms with van der Waals surface area (Å²) >= 11 is 3.12. The number of nitrogens with one attached hydrogen (secondary N) is 1. The molecule has 1 rings (SSSR count). The number of halogens is 1. The highest BCUT2D eigenvalue weighted by molar-refractivity contribution is 9.10. The first-order chi connectivity index (χ1) is 3.84. The normalized spacial score (nSPS) is 8.50. The number of aromatic amines is 1. The minimum atomic E-state index is 0.449. The molecule has 0 spiro atoms. The largest absolute Gasteiger partial charge is 0.361 e. The second-order valence-corrected chi connectivity index (χ2v) is 2.03. The summed E-state index contributed by atoms with van der Waals surface area (Å²) in [5.41, 5.74) is 0. The van der Waals surface area contributed by atoms with Crippen LogP contribution in [0.25, 0.3) is 4.85 Å². The SMILES string of the molecule is [C-]#[N+]c1[nH]ncc1Br. The summed E-state index contributed by atoms with van der Waals surface area (Å²) in [6, 6.07) is 0. The Hall–Kier alpha value is -0.820. The molecule has 1 heterocycles. The predicted octanol–water partition coefficient (Wildman–Crippen LogP) is 1.72. The summed E-state index contributed by atoms with van der Waals surface area (Å²) in [6.45, 7) is 6.52. The van der Waals surface area contributed by atoms with Crippen molar-refractivity contribution in [2.75, 3.05) is 0 Å². The maximum atomic E-state index is 6.52. The van der Waals surface area contributed by atoms with Crippen LogP contribution in [0.2, 0.25) is 0 Å². The lowest BCUT2D eigenvalue weighted by Crippen LogP contribution is -1.58. The van der Waals surface area contributed by atoms with Gasteiger partial charge in [0.05, 0.1) is 10.7 Å². The average molecular weight is 172 g/mol. The third-order valence-corrected chi connectivity index (χ3v) is 1.27. The Morgan fingerprint density at radius 2 is 2.62 bits per heavy atom. The zero-order valence-corrected chi connectivity index (χ0v) is 5.44. The molecule has 0 unspecified atom stereocenters. The molecule has 0 fully saturated rings. The van der Waals surface area contributed by atoms with Crippen LogP contribution in [0.4, 0.5) is 5.82 Å². The molecule has 0 saturated heterocycles. The number of H-pyrrole nitrogens is 1. The number of hydrogen-bond acceptors (Lipinski definition) is 1. The lowest BCUT2D eigenvalue weighted by Gasteiger charge is -1.76. The van der Waals surface area contributed by atoms with Crippen LogP contribution in [0.15, 0.2) is 10.7 Å². The molecular formula is C4H2BrN3.